The number of ether oxygens (including phenoxy) is 2. The van der Waals surface area contributed by atoms with Crippen molar-refractivity contribution >= 4 is 10.1 Å². The highest BCUT2D eigenvalue weighted by molar-refractivity contribution is 7.85. The molecule has 174 valence electrons. The Morgan fingerprint density at radius 1 is 0.938 bits per heavy atom. The molecule has 2 rings (SSSR count). The maximum Gasteiger partial charge on any atom is 0.264 e. The molecule has 0 N–H and O–H groups in total. The minimum atomic E-state index is -3.44. The predicted octanol–water partition coefficient (Wildman–Crippen LogP) is 4.54. The van der Waals surface area contributed by atoms with Gasteiger partial charge in [-0.25, -0.2) is 0 Å². The first-order valence-electron chi connectivity index (χ1n) is 10.5. The number of rotatable bonds is 13. The Kier molecular flexibility index (Phi) is 10.3. The number of hydrogen-bond donors (Lipinski definition) is 0. The van der Waals surface area contributed by atoms with E-state index in [1.165, 1.54) is 11.3 Å². The summed E-state index contributed by atoms with van der Waals surface area (Å²) < 4.78 is 37.9. The molecule has 0 radical (unpaired) electrons. The van der Waals surface area contributed by atoms with E-state index >= 15 is 0 Å². The van der Waals surface area contributed by atoms with Gasteiger partial charge in [0.15, 0.2) is 0 Å². The molecule has 0 aliphatic heterocycles. The van der Waals surface area contributed by atoms with Crippen LogP contribution in [0, 0.1) is 0 Å². The molecule has 7 heteroatoms. The van der Waals surface area contributed by atoms with Crippen LogP contribution in [0.4, 0.5) is 0 Å². The zero-order valence-corrected chi connectivity index (χ0v) is 20.1. The Balaban J connectivity index is 1.83. The summed E-state index contributed by atoms with van der Waals surface area (Å²) >= 11 is 0. The van der Waals surface area contributed by atoms with Crippen LogP contribution in [0.25, 0.3) is 0 Å². The largest absolute Gasteiger partial charge is 0.494 e. The number of benzene rings is 2. The first kappa shape index (κ1) is 25.5. The molecule has 0 heterocycles. The molecular formula is C25H33NO5S. The average molecular weight is 460 g/mol. The molecule has 2 aromatic rings. The molecule has 0 aliphatic carbocycles. The second-order valence-electron chi connectivity index (χ2n) is 7.62. The average Bonchev–Trinajstić information content (AvgIpc) is 2.76. The molecule has 6 nitrogen and oxygen atoms in total. The van der Waals surface area contributed by atoms with Crippen LogP contribution >= 0.6 is 0 Å². The van der Waals surface area contributed by atoms with E-state index in [2.05, 4.69) is 15.2 Å². The molecule has 0 aromatic heterocycles. The summed E-state index contributed by atoms with van der Waals surface area (Å²) in [6.45, 7) is 2.70. The van der Waals surface area contributed by atoms with Crippen molar-refractivity contribution in [2.45, 2.75) is 26.4 Å². The smallest absolute Gasteiger partial charge is 0.264 e. The summed E-state index contributed by atoms with van der Waals surface area (Å²) in [5, 5.41) is 0. The lowest BCUT2D eigenvalue weighted by Crippen LogP contribution is -2.12. The molecule has 0 aliphatic rings. The van der Waals surface area contributed by atoms with Gasteiger partial charge in [0.05, 0.1) is 12.0 Å². The van der Waals surface area contributed by atoms with Crippen LogP contribution in [0.2, 0.25) is 0 Å². The monoisotopic (exact) mass is 459 g/mol. The van der Waals surface area contributed by atoms with Crippen molar-refractivity contribution in [1.82, 2.24) is 4.90 Å². The van der Waals surface area contributed by atoms with E-state index in [4.69, 9.17) is 9.47 Å². The van der Waals surface area contributed by atoms with Gasteiger partial charge in [0.1, 0.15) is 25.6 Å². The number of nitrogens with zero attached hydrogens (tertiary/aromatic N) is 1. The molecule has 0 saturated heterocycles. The van der Waals surface area contributed by atoms with Gasteiger partial charge in [-0.3, -0.25) is 4.18 Å². The van der Waals surface area contributed by atoms with Gasteiger partial charge in [-0.15, -0.1) is 0 Å². The van der Waals surface area contributed by atoms with Crippen molar-refractivity contribution in [3.05, 3.63) is 89.3 Å². The maximum atomic E-state index is 10.9. The first-order chi connectivity index (χ1) is 15.2. The standard InChI is InChI=1S/C25H33NO5S/c1-21(30-20-23-8-6-5-7-9-23)10-14-24(26(2)3)15-11-22-12-16-25(17-13-22)29-18-19-31-32(4,27)28/h5-10,12-14,16-17H,11,15,18-20H2,1-4H3/b21-10+,24-14-. The normalized spacial score (nSPS) is 12.5. The summed E-state index contributed by atoms with van der Waals surface area (Å²) in [7, 11) is 0.639. The van der Waals surface area contributed by atoms with Crippen LogP contribution in [0.3, 0.4) is 0 Å². The van der Waals surface area contributed by atoms with Crippen LogP contribution < -0.4 is 4.74 Å². The molecule has 32 heavy (non-hydrogen) atoms. The minimum Gasteiger partial charge on any atom is -0.494 e. The molecule has 0 fully saturated rings. The van der Waals surface area contributed by atoms with Crippen molar-refractivity contribution in [2.24, 2.45) is 0 Å². The summed E-state index contributed by atoms with van der Waals surface area (Å²) in [5.74, 6) is 1.55. The molecule has 0 unspecified atom stereocenters. The topological polar surface area (TPSA) is 65.1 Å². The van der Waals surface area contributed by atoms with Gasteiger partial charge in [-0.1, -0.05) is 42.5 Å². The van der Waals surface area contributed by atoms with E-state index in [0.717, 1.165) is 30.4 Å². The Morgan fingerprint density at radius 2 is 1.62 bits per heavy atom. The van der Waals surface area contributed by atoms with Gasteiger partial charge in [0, 0.05) is 19.8 Å². The van der Waals surface area contributed by atoms with Crippen molar-refractivity contribution < 1.29 is 22.1 Å². The van der Waals surface area contributed by atoms with E-state index < -0.39 is 10.1 Å². The minimum absolute atomic E-state index is 0.000425. The fourth-order valence-corrected chi connectivity index (χ4v) is 3.23. The molecule has 0 bridgehead atoms. The van der Waals surface area contributed by atoms with Gasteiger partial charge >= 0.3 is 0 Å². The van der Waals surface area contributed by atoms with Crippen LogP contribution in [0.5, 0.6) is 5.75 Å². The Hall–Kier alpha value is -2.77. The van der Waals surface area contributed by atoms with Gasteiger partial charge in [-0.05, 0) is 55.2 Å². The Bertz CT molecular complexity index is 981. The van der Waals surface area contributed by atoms with E-state index in [0.29, 0.717) is 12.4 Å². The maximum absolute atomic E-state index is 10.9. The molecule has 0 saturated carbocycles. The zero-order valence-electron chi connectivity index (χ0n) is 19.3. The van der Waals surface area contributed by atoms with E-state index in [1.54, 1.807) is 0 Å². The lowest BCUT2D eigenvalue weighted by atomic mass is 10.1. The second-order valence-corrected chi connectivity index (χ2v) is 9.27. The van der Waals surface area contributed by atoms with Gasteiger partial charge in [0.25, 0.3) is 10.1 Å². The molecule has 2 aromatic carbocycles. The fraction of sp³-hybridized carbons (Fsp3) is 0.360. The Labute approximate surface area is 192 Å². The van der Waals surface area contributed by atoms with Crippen molar-refractivity contribution in [2.75, 3.05) is 33.6 Å². The zero-order chi connectivity index (χ0) is 23.4. The lowest BCUT2D eigenvalue weighted by molar-refractivity contribution is 0.201. The molecule has 0 amide bonds. The molecule has 0 atom stereocenters. The van der Waals surface area contributed by atoms with E-state index in [9.17, 15) is 8.42 Å². The molecule has 0 spiro atoms. The highest BCUT2D eigenvalue weighted by Crippen LogP contribution is 2.17. The van der Waals surface area contributed by atoms with Crippen molar-refractivity contribution in [3.63, 3.8) is 0 Å². The van der Waals surface area contributed by atoms with Crippen molar-refractivity contribution in [1.29, 1.82) is 0 Å². The highest BCUT2D eigenvalue weighted by Gasteiger charge is 2.04. The van der Waals surface area contributed by atoms with Gasteiger partial charge < -0.3 is 14.4 Å². The summed E-state index contributed by atoms with van der Waals surface area (Å²) in [6, 6.07) is 17.9. The number of hydrogen-bond acceptors (Lipinski definition) is 6. The molecular weight excluding hydrogens is 426 g/mol. The first-order valence-corrected chi connectivity index (χ1v) is 12.3. The van der Waals surface area contributed by atoms with Crippen LogP contribution in [-0.2, 0) is 32.1 Å². The Morgan fingerprint density at radius 3 is 2.25 bits per heavy atom. The highest BCUT2D eigenvalue weighted by atomic mass is 32.2. The summed E-state index contributed by atoms with van der Waals surface area (Å²) in [5.41, 5.74) is 3.54. The third-order valence-electron chi connectivity index (χ3n) is 4.64. The third kappa shape index (κ3) is 10.5. The SMILES string of the molecule is C/C(=C\C=C(\CCc1ccc(OCCOS(C)(=O)=O)cc1)N(C)C)OCc1ccccc1. The third-order valence-corrected chi connectivity index (χ3v) is 5.23. The van der Waals surface area contributed by atoms with E-state index in [1.807, 2.05) is 81.7 Å². The predicted molar refractivity (Wildman–Crippen MR) is 128 cm³/mol. The second kappa shape index (κ2) is 12.9. The van der Waals surface area contributed by atoms with Gasteiger partial charge in [-0.2, -0.15) is 8.42 Å². The number of allylic oxidation sites excluding steroid dienone is 4. The van der Waals surface area contributed by atoms with Crippen molar-refractivity contribution in [3.8, 4) is 5.75 Å². The summed E-state index contributed by atoms with van der Waals surface area (Å²) in [4.78, 5) is 2.11. The van der Waals surface area contributed by atoms with Gasteiger partial charge in [0.2, 0.25) is 0 Å². The number of aryl methyl sites for hydroxylation is 1. The fourth-order valence-electron chi connectivity index (χ4n) is 2.86. The lowest BCUT2D eigenvalue weighted by Gasteiger charge is -2.17. The summed E-state index contributed by atoms with van der Waals surface area (Å²) in [6.07, 6.45) is 6.90. The van der Waals surface area contributed by atoms with Crippen LogP contribution in [-0.4, -0.2) is 46.9 Å². The van der Waals surface area contributed by atoms with E-state index in [-0.39, 0.29) is 13.2 Å². The van der Waals surface area contributed by atoms with Crippen LogP contribution in [0.15, 0.2) is 78.2 Å². The van der Waals surface area contributed by atoms with Crippen LogP contribution in [0.1, 0.15) is 24.5 Å². The quantitative estimate of drug-likeness (QED) is 0.190.